The fourth-order valence-electron chi connectivity index (χ4n) is 3.33. The number of carbonyl (C=O) groups is 1. The van der Waals surface area contributed by atoms with Gasteiger partial charge >= 0.3 is 5.97 Å². The van der Waals surface area contributed by atoms with Gasteiger partial charge in [-0.25, -0.2) is 8.42 Å². The minimum Gasteiger partial charge on any atom is -0.452 e. The predicted molar refractivity (Wildman–Crippen MR) is 115 cm³/mol. The Morgan fingerprint density at radius 3 is 2.77 bits per heavy atom. The van der Waals surface area contributed by atoms with Crippen LogP contribution in [0.15, 0.2) is 51.1 Å². The SMILES string of the molecule is CC(OC(=O)C1CCCN(S(=O)(=O)c2ccc(Cl)cc2)C1)c1nnc(-c2cccs2)o1. The topological polar surface area (TPSA) is 103 Å². The molecule has 8 nitrogen and oxygen atoms in total. The summed E-state index contributed by atoms with van der Waals surface area (Å²) in [4.78, 5) is 13.7. The van der Waals surface area contributed by atoms with Crippen LogP contribution >= 0.6 is 22.9 Å². The number of sulfonamides is 1. The van der Waals surface area contributed by atoms with E-state index in [1.165, 1.54) is 39.9 Å². The van der Waals surface area contributed by atoms with E-state index >= 15 is 0 Å². The van der Waals surface area contributed by atoms with Crippen LogP contribution in [0.5, 0.6) is 0 Å². The number of nitrogens with zero attached hydrogens (tertiary/aromatic N) is 3. The van der Waals surface area contributed by atoms with Gasteiger partial charge in [0.05, 0.1) is 15.7 Å². The number of rotatable bonds is 6. The van der Waals surface area contributed by atoms with Crippen molar-refractivity contribution in [3.63, 3.8) is 0 Å². The lowest BCUT2D eigenvalue weighted by Crippen LogP contribution is -2.42. The van der Waals surface area contributed by atoms with Gasteiger partial charge in [-0.15, -0.1) is 21.5 Å². The Labute approximate surface area is 188 Å². The summed E-state index contributed by atoms with van der Waals surface area (Å²) in [5, 5.41) is 10.3. The molecule has 2 unspecified atom stereocenters. The van der Waals surface area contributed by atoms with Crippen LogP contribution in [0.3, 0.4) is 0 Å². The summed E-state index contributed by atoms with van der Waals surface area (Å²) in [6, 6.07) is 9.71. The molecule has 1 fully saturated rings. The summed E-state index contributed by atoms with van der Waals surface area (Å²) in [6.07, 6.45) is 0.365. The second-order valence-electron chi connectivity index (χ2n) is 7.16. The summed E-state index contributed by atoms with van der Waals surface area (Å²) in [7, 11) is -3.72. The molecule has 1 aliphatic rings. The van der Waals surface area contributed by atoms with E-state index in [2.05, 4.69) is 10.2 Å². The minimum atomic E-state index is -3.72. The Morgan fingerprint density at radius 1 is 1.29 bits per heavy atom. The van der Waals surface area contributed by atoms with Gasteiger partial charge in [-0.2, -0.15) is 4.31 Å². The second kappa shape index (κ2) is 9.07. The average molecular weight is 482 g/mol. The third kappa shape index (κ3) is 4.82. The first kappa shape index (κ1) is 21.9. The molecule has 4 rings (SSSR count). The quantitative estimate of drug-likeness (QED) is 0.487. The fraction of sp³-hybridized carbons (Fsp3) is 0.350. The Kier molecular flexibility index (Phi) is 6.42. The molecule has 3 aromatic rings. The monoisotopic (exact) mass is 481 g/mol. The highest BCUT2D eigenvalue weighted by Gasteiger charge is 2.35. The van der Waals surface area contributed by atoms with E-state index in [-0.39, 0.29) is 17.3 Å². The smallest absolute Gasteiger partial charge is 0.311 e. The zero-order valence-corrected chi connectivity index (χ0v) is 19.0. The van der Waals surface area contributed by atoms with E-state index < -0.39 is 28.0 Å². The molecule has 31 heavy (non-hydrogen) atoms. The summed E-state index contributed by atoms with van der Waals surface area (Å²) < 4.78 is 38.3. The van der Waals surface area contributed by atoms with E-state index in [9.17, 15) is 13.2 Å². The normalized spacial score (nSPS) is 18.6. The van der Waals surface area contributed by atoms with Crippen molar-refractivity contribution in [1.29, 1.82) is 0 Å². The number of piperidine rings is 1. The van der Waals surface area contributed by atoms with Gasteiger partial charge in [0.15, 0.2) is 6.10 Å². The van der Waals surface area contributed by atoms with E-state index in [1.807, 2.05) is 17.5 Å². The fourth-order valence-corrected chi connectivity index (χ4v) is 5.62. The maximum Gasteiger partial charge on any atom is 0.311 e. The zero-order valence-electron chi connectivity index (χ0n) is 16.6. The van der Waals surface area contributed by atoms with Gasteiger partial charge in [-0.1, -0.05) is 17.7 Å². The van der Waals surface area contributed by atoms with Crippen molar-refractivity contribution in [3.05, 3.63) is 52.7 Å². The average Bonchev–Trinajstić information content (AvgIpc) is 3.46. The molecule has 1 saturated heterocycles. The van der Waals surface area contributed by atoms with Gasteiger partial charge < -0.3 is 9.15 Å². The van der Waals surface area contributed by atoms with E-state index in [0.717, 1.165) is 4.88 Å². The first-order valence-electron chi connectivity index (χ1n) is 9.68. The van der Waals surface area contributed by atoms with Crippen LogP contribution in [0.1, 0.15) is 31.8 Å². The van der Waals surface area contributed by atoms with Gasteiger partial charge in [-0.05, 0) is 55.5 Å². The Morgan fingerprint density at radius 2 is 2.06 bits per heavy atom. The Bertz CT molecular complexity index is 1150. The third-order valence-electron chi connectivity index (χ3n) is 4.98. The van der Waals surface area contributed by atoms with Gasteiger partial charge in [0.25, 0.3) is 11.8 Å². The molecule has 0 N–H and O–H groups in total. The largest absolute Gasteiger partial charge is 0.452 e. The molecule has 0 amide bonds. The number of hydrogen-bond acceptors (Lipinski definition) is 8. The van der Waals surface area contributed by atoms with E-state index in [0.29, 0.717) is 30.3 Å². The molecule has 2 atom stereocenters. The summed E-state index contributed by atoms with van der Waals surface area (Å²) in [5.74, 6) is -0.499. The second-order valence-corrected chi connectivity index (χ2v) is 10.5. The lowest BCUT2D eigenvalue weighted by molar-refractivity contribution is -0.156. The van der Waals surface area contributed by atoms with Crippen molar-refractivity contribution in [2.45, 2.75) is 30.8 Å². The van der Waals surface area contributed by atoms with Crippen LogP contribution in [0, 0.1) is 5.92 Å². The van der Waals surface area contributed by atoms with Crippen LogP contribution in [-0.2, 0) is 19.6 Å². The molecule has 3 heterocycles. The number of ether oxygens (including phenoxy) is 1. The van der Waals surface area contributed by atoms with Crippen molar-refractivity contribution >= 4 is 38.9 Å². The predicted octanol–water partition coefficient (Wildman–Crippen LogP) is 4.16. The summed E-state index contributed by atoms with van der Waals surface area (Å²) in [6.45, 7) is 2.05. The lowest BCUT2D eigenvalue weighted by Gasteiger charge is -2.31. The highest BCUT2D eigenvalue weighted by atomic mass is 35.5. The van der Waals surface area contributed by atoms with Crippen molar-refractivity contribution < 1.29 is 22.4 Å². The Hall–Kier alpha value is -2.27. The molecule has 1 aromatic carbocycles. The van der Waals surface area contributed by atoms with Crippen molar-refractivity contribution in [3.8, 4) is 10.8 Å². The van der Waals surface area contributed by atoms with Crippen LogP contribution in [-0.4, -0.2) is 42.0 Å². The molecule has 0 spiro atoms. The highest BCUT2D eigenvalue weighted by Crippen LogP contribution is 2.29. The molecule has 0 radical (unpaired) electrons. The van der Waals surface area contributed by atoms with E-state index in [4.69, 9.17) is 20.8 Å². The molecule has 11 heteroatoms. The van der Waals surface area contributed by atoms with Crippen LogP contribution in [0.2, 0.25) is 5.02 Å². The number of esters is 1. The zero-order chi connectivity index (χ0) is 22.0. The highest BCUT2D eigenvalue weighted by molar-refractivity contribution is 7.89. The number of thiophene rings is 1. The molecule has 0 bridgehead atoms. The molecular weight excluding hydrogens is 462 g/mol. The molecule has 0 saturated carbocycles. The number of halogens is 1. The standard InChI is InChI=1S/C20H20ClN3O5S2/c1-13(18-22-23-19(29-18)17-5-3-11-30-17)28-20(25)14-4-2-10-24(12-14)31(26,27)16-8-6-15(21)7-9-16/h3,5-9,11,13-14H,2,4,10,12H2,1H3. The first-order valence-corrected chi connectivity index (χ1v) is 12.4. The van der Waals surface area contributed by atoms with E-state index in [1.54, 1.807) is 6.92 Å². The number of carbonyl (C=O) groups excluding carboxylic acids is 1. The summed E-state index contributed by atoms with van der Waals surface area (Å²) in [5.41, 5.74) is 0. The lowest BCUT2D eigenvalue weighted by atomic mass is 10.00. The molecule has 164 valence electrons. The number of aromatic nitrogens is 2. The van der Waals surface area contributed by atoms with Crippen LogP contribution in [0.4, 0.5) is 0 Å². The first-order chi connectivity index (χ1) is 14.8. The van der Waals surface area contributed by atoms with Gasteiger partial charge in [0.1, 0.15) is 0 Å². The van der Waals surface area contributed by atoms with Crippen LogP contribution in [0.25, 0.3) is 10.8 Å². The van der Waals surface area contributed by atoms with Gasteiger partial charge in [0.2, 0.25) is 10.0 Å². The maximum absolute atomic E-state index is 12.9. The van der Waals surface area contributed by atoms with Crippen molar-refractivity contribution in [1.82, 2.24) is 14.5 Å². The van der Waals surface area contributed by atoms with Gasteiger partial charge in [0, 0.05) is 18.1 Å². The number of hydrogen-bond donors (Lipinski definition) is 0. The molecule has 0 aliphatic carbocycles. The number of benzene rings is 1. The van der Waals surface area contributed by atoms with Gasteiger partial charge in [-0.3, -0.25) is 4.79 Å². The Balaban J connectivity index is 1.41. The molecular formula is C20H20ClN3O5S2. The van der Waals surface area contributed by atoms with Crippen LogP contribution < -0.4 is 0 Å². The maximum atomic E-state index is 12.9. The molecule has 2 aromatic heterocycles. The molecule has 1 aliphatic heterocycles. The minimum absolute atomic E-state index is 0.0563. The third-order valence-corrected chi connectivity index (χ3v) is 7.97. The van der Waals surface area contributed by atoms with Crippen molar-refractivity contribution in [2.75, 3.05) is 13.1 Å². The van der Waals surface area contributed by atoms with Crippen molar-refractivity contribution in [2.24, 2.45) is 5.92 Å². The summed E-state index contributed by atoms with van der Waals surface area (Å²) >= 11 is 7.32.